The molecular formula is C20H32O6. The molecule has 1 aliphatic carbocycles. The molecule has 0 radical (unpaired) electrons. The van der Waals surface area contributed by atoms with E-state index in [-0.39, 0.29) is 30.5 Å². The lowest BCUT2D eigenvalue weighted by atomic mass is 10.0. The molecule has 148 valence electrons. The van der Waals surface area contributed by atoms with E-state index in [1.165, 1.54) is 6.08 Å². The van der Waals surface area contributed by atoms with Crippen molar-refractivity contribution in [3.8, 4) is 0 Å². The summed E-state index contributed by atoms with van der Waals surface area (Å²) in [5.41, 5.74) is -0.408. The third kappa shape index (κ3) is 4.94. The highest BCUT2D eigenvalue weighted by Crippen LogP contribution is 2.55. The van der Waals surface area contributed by atoms with Gasteiger partial charge in [0.15, 0.2) is 6.29 Å². The van der Waals surface area contributed by atoms with Crippen molar-refractivity contribution < 1.29 is 29.2 Å². The molecule has 0 amide bonds. The lowest BCUT2D eigenvalue weighted by Gasteiger charge is -2.37. The van der Waals surface area contributed by atoms with Crippen LogP contribution in [0.3, 0.4) is 0 Å². The molecule has 1 aliphatic heterocycles. The molecular weight excluding hydrogens is 336 g/mol. The van der Waals surface area contributed by atoms with Crippen LogP contribution in [0.2, 0.25) is 0 Å². The first-order chi connectivity index (χ1) is 12.2. The van der Waals surface area contributed by atoms with Gasteiger partial charge < -0.3 is 24.4 Å². The molecule has 26 heavy (non-hydrogen) atoms. The van der Waals surface area contributed by atoms with Gasteiger partial charge in [-0.05, 0) is 46.0 Å². The van der Waals surface area contributed by atoms with E-state index in [9.17, 15) is 15.0 Å². The Morgan fingerprint density at radius 2 is 2.04 bits per heavy atom. The Morgan fingerprint density at radius 3 is 2.62 bits per heavy atom. The second kappa shape index (κ2) is 8.65. The largest absolute Gasteiger partial charge is 0.463 e. The van der Waals surface area contributed by atoms with E-state index in [1.807, 2.05) is 20.8 Å². The van der Waals surface area contributed by atoms with E-state index in [1.54, 1.807) is 6.08 Å². The summed E-state index contributed by atoms with van der Waals surface area (Å²) in [7, 11) is 0. The molecule has 1 saturated carbocycles. The number of rotatable bonds is 9. The maximum absolute atomic E-state index is 12.2. The van der Waals surface area contributed by atoms with Crippen LogP contribution in [0.15, 0.2) is 25.3 Å². The van der Waals surface area contributed by atoms with Gasteiger partial charge in [-0.3, -0.25) is 4.79 Å². The molecule has 0 unspecified atom stereocenters. The summed E-state index contributed by atoms with van der Waals surface area (Å²) < 4.78 is 16.7. The molecule has 0 aromatic rings. The molecule has 0 bridgehead atoms. The maximum Gasteiger partial charge on any atom is 0.312 e. The molecule has 6 nitrogen and oxygen atoms in total. The van der Waals surface area contributed by atoms with Crippen molar-refractivity contribution in [1.82, 2.24) is 0 Å². The van der Waals surface area contributed by atoms with Crippen LogP contribution < -0.4 is 0 Å². The van der Waals surface area contributed by atoms with Crippen LogP contribution in [0.4, 0.5) is 0 Å². The van der Waals surface area contributed by atoms with Crippen LogP contribution >= 0.6 is 0 Å². The molecule has 7 atom stereocenters. The van der Waals surface area contributed by atoms with Gasteiger partial charge in [0, 0.05) is 6.42 Å². The molecule has 1 heterocycles. The van der Waals surface area contributed by atoms with Gasteiger partial charge in [0.05, 0.1) is 23.7 Å². The molecule has 6 heteroatoms. The van der Waals surface area contributed by atoms with E-state index < -0.39 is 30.0 Å². The highest BCUT2D eigenvalue weighted by atomic mass is 16.7. The van der Waals surface area contributed by atoms with Gasteiger partial charge >= 0.3 is 5.97 Å². The van der Waals surface area contributed by atoms with E-state index >= 15 is 0 Å². The van der Waals surface area contributed by atoms with E-state index in [0.29, 0.717) is 6.42 Å². The number of aliphatic hydroxyl groups is 2. The van der Waals surface area contributed by atoms with Crippen molar-refractivity contribution in [3.63, 3.8) is 0 Å². The Bertz CT molecular complexity index is 518. The zero-order chi connectivity index (χ0) is 19.5. The molecule has 2 aliphatic rings. The molecule has 0 spiro atoms. The lowest BCUT2D eigenvalue weighted by Crippen LogP contribution is -2.48. The molecule has 0 aromatic heterocycles. The number of carbonyl (C=O) groups excluding carboxylic acids is 1. The van der Waals surface area contributed by atoms with Crippen LogP contribution in [0.25, 0.3) is 0 Å². The summed E-state index contributed by atoms with van der Waals surface area (Å²) >= 11 is 0. The fourth-order valence-corrected chi connectivity index (χ4v) is 3.42. The van der Waals surface area contributed by atoms with Gasteiger partial charge in [0.2, 0.25) is 0 Å². The van der Waals surface area contributed by atoms with Gasteiger partial charge in [-0.2, -0.15) is 0 Å². The molecule has 2 rings (SSSR count). The second-order valence-corrected chi connectivity index (χ2v) is 7.84. The maximum atomic E-state index is 12.2. The Balaban J connectivity index is 1.82. The minimum absolute atomic E-state index is 0.108. The monoisotopic (exact) mass is 368 g/mol. The predicted molar refractivity (Wildman–Crippen MR) is 97.2 cm³/mol. The Hall–Kier alpha value is -1.21. The van der Waals surface area contributed by atoms with Crippen molar-refractivity contribution in [2.24, 2.45) is 11.3 Å². The van der Waals surface area contributed by atoms with E-state index in [4.69, 9.17) is 14.2 Å². The number of esters is 1. The Kier molecular flexibility index (Phi) is 7.02. The van der Waals surface area contributed by atoms with Gasteiger partial charge in [0.25, 0.3) is 0 Å². The van der Waals surface area contributed by atoms with Gasteiger partial charge in [-0.25, -0.2) is 0 Å². The minimum atomic E-state index is -0.907. The third-order valence-electron chi connectivity index (χ3n) is 5.29. The standard InChI is InChI=1S/C20H32O6/c1-6-14(25-18-16(22)10-15(21)17(7-2)26-18)9-8-13-11-20(13,5)19(23)24-12(3)4/h6-7,12-18,21-22H,1-2,8-11H2,3-5H3/t13-,14+,15+,16+,17-,18+,20+/m0/s1. The predicted octanol–water partition coefficient (Wildman–Crippen LogP) is 2.34. The summed E-state index contributed by atoms with van der Waals surface area (Å²) in [5, 5.41) is 19.9. The SMILES string of the molecule is C=C[C@H](CC[C@H]1C[C@@]1(C)C(=O)OC(C)C)O[C@@H]1O[C@@H](C=C)[C@H](O)C[C@H]1O. The number of carbonyl (C=O) groups is 1. The van der Waals surface area contributed by atoms with Gasteiger partial charge in [0.1, 0.15) is 12.2 Å². The Labute approximate surface area is 155 Å². The van der Waals surface area contributed by atoms with Crippen LogP contribution in [-0.2, 0) is 19.0 Å². The zero-order valence-electron chi connectivity index (χ0n) is 16.0. The van der Waals surface area contributed by atoms with E-state index in [2.05, 4.69) is 13.2 Å². The number of ether oxygens (including phenoxy) is 3. The third-order valence-corrected chi connectivity index (χ3v) is 5.29. The van der Waals surface area contributed by atoms with Crippen LogP contribution in [0.1, 0.15) is 46.5 Å². The summed E-state index contributed by atoms with van der Waals surface area (Å²) in [5.74, 6) is 0.127. The smallest absolute Gasteiger partial charge is 0.312 e. The molecule has 2 fully saturated rings. The van der Waals surface area contributed by atoms with Crippen LogP contribution in [-0.4, -0.2) is 53.0 Å². The normalized spacial score (nSPS) is 37.8. The van der Waals surface area contributed by atoms with Crippen molar-refractivity contribution in [2.75, 3.05) is 0 Å². The van der Waals surface area contributed by atoms with Crippen molar-refractivity contribution in [1.29, 1.82) is 0 Å². The summed E-state index contributed by atoms with van der Waals surface area (Å²) in [6.07, 6.45) is 2.14. The fraction of sp³-hybridized carbons (Fsp3) is 0.750. The first-order valence-electron chi connectivity index (χ1n) is 9.34. The lowest BCUT2D eigenvalue weighted by molar-refractivity contribution is -0.264. The molecule has 0 aromatic carbocycles. The average Bonchev–Trinajstić information content (AvgIpc) is 3.24. The van der Waals surface area contributed by atoms with Crippen molar-refractivity contribution in [3.05, 3.63) is 25.3 Å². The van der Waals surface area contributed by atoms with Crippen molar-refractivity contribution >= 4 is 5.97 Å². The molecule has 1 saturated heterocycles. The number of hydrogen-bond donors (Lipinski definition) is 2. The second-order valence-electron chi connectivity index (χ2n) is 7.84. The first-order valence-corrected chi connectivity index (χ1v) is 9.34. The van der Waals surface area contributed by atoms with Crippen LogP contribution in [0.5, 0.6) is 0 Å². The highest BCUT2D eigenvalue weighted by molar-refractivity contribution is 5.80. The van der Waals surface area contributed by atoms with Gasteiger partial charge in [-0.1, -0.05) is 12.2 Å². The van der Waals surface area contributed by atoms with Crippen molar-refractivity contribution in [2.45, 2.75) is 83.3 Å². The summed E-state index contributed by atoms with van der Waals surface area (Å²) in [6.45, 7) is 13.1. The fourth-order valence-electron chi connectivity index (χ4n) is 3.42. The highest BCUT2D eigenvalue weighted by Gasteiger charge is 2.56. The average molecular weight is 368 g/mol. The van der Waals surface area contributed by atoms with Gasteiger partial charge in [-0.15, -0.1) is 13.2 Å². The zero-order valence-corrected chi connectivity index (χ0v) is 16.0. The Morgan fingerprint density at radius 1 is 1.35 bits per heavy atom. The van der Waals surface area contributed by atoms with Crippen LogP contribution in [0, 0.1) is 11.3 Å². The first kappa shape index (κ1) is 21.1. The minimum Gasteiger partial charge on any atom is -0.463 e. The summed E-state index contributed by atoms with van der Waals surface area (Å²) in [6, 6.07) is 0. The summed E-state index contributed by atoms with van der Waals surface area (Å²) in [4.78, 5) is 12.2. The quantitative estimate of drug-likeness (QED) is 0.480. The topological polar surface area (TPSA) is 85.2 Å². The number of aliphatic hydroxyl groups excluding tert-OH is 2. The van der Waals surface area contributed by atoms with E-state index in [0.717, 1.165) is 12.8 Å². The molecule has 2 N–H and O–H groups in total. The number of hydrogen-bond acceptors (Lipinski definition) is 6.